The number of aromatic nitrogens is 4. The molecule has 0 spiro atoms. The first-order valence-electron chi connectivity index (χ1n) is 11.5. The number of anilines is 1. The number of piperazine rings is 1. The van der Waals surface area contributed by atoms with Gasteiger partial charge in [0, 0.05) is 49.8 Å². The fraction of sp³-hybridized carbons (Fsp3) is 0.292. The molecule has 1 aliphatic heterocycles. The van der Waals surface area contributed by atoms with Gasteiger partial charge in [-0.05, 0) is 24.3 Å². The third-order valence-electron chi connectivity index (χ3n) is 5.99. The second-order valence-electron chi connectivity index (χ2n) is 8.31. The largest absolute Gasteiger partial charge is 0.453 e. The van der Waals surface area contributed by atoms with E-state index >= 15 is 0 Å². The van der Waals surface area contributed by atoms with E-state index in [-0.39, 0.29) is 18.5 Å². The van der Waals surface area contributed by atoms with Crippen LogP contribution in [0.1, 0.15) is 18.0 Å². The van der Waals surface area contributed by atoms with Crippen LogP contribution in [0.4, 0.5) is 24.1 Å². The minimum atomic E-state index is -2.85. The van der Waals surface area contributed by atoms with E-state index in [1.165, 1.54) is 7.11 Å². The van der Waals surface area contributed by atoms with Crippen molar-refractivity contribution in [3.8, 4) is 11.5 Å². The summed E-state index contributed by atoms with van der Waals surface area (Å²) in [4.78, 5) is 34.9. The van der Waals surface area contributed by atoms with Crippen LogP contribution in [0.3, 0.4) is 0 Å². The summed E-state index contributed by atoms with van der Waals surface area (Å²) in [6, 6.07) is 12.3. The van der Waals surface area contributed by atoms with Gasteiger partial charge in [-0.2, -0.15) is 8.78 Å². The zero-order chi connectivity index (χ0) is 25.9. The lowest BCUT2D eigenvalue weighted by Crippen LogP contribution is -2.54. The Morgan fingerprint density at radius 3 is 2.49 bits per heavy atom. The monoisotopic (exact) mass is 511 g/mol. The van der Waals surface area contributed by atoms with Crippen molar-refractivity contribution >= 4 is 23.5 Å². The maximum absolute atomic E-state index is 13.6. The molecule has 3 amide bonds. The molecule has 0 saturated carbocycles. The first kappa shape index (κ1) is 24.2. The number of halogens is 2. The molecule has 4 heterocycles. The summed E-state index contributed by atoms with van der Waals surface area (Å²) in [7, 11) is 1.33. The molecule has 1 aromatic carbocycles. The number of fused-ring (bicyclic) bond motifs is 1. The Bertz CT molecular complexity index is 1400. The van der Waals surface area contributed by atoms with Gasteiger partial charge in [0.2, 0.25) is 5.89 Å². The molecule has 3 aromatic heterocycles. The van der Waals surface area contributed by atoms with Gasteiger partial charge in [-0.3, -0.25) is 4.90 Å². The fourth-order valence-corrected chi connectivity index (χ4v) is 4.10. The molecule has 13 heteroatoms. The lowest BCUT2D eigenvalue weighted by molar-refractivity contribution is 0.0981. The molecule has 0 bridgehead atoms. The third-order valence-corrected chi connectivity index (χ3v) is 5.99. The van der Waals surface area contributed by atoms with E-state index in [0.717, 1.165) is 0 Å². The zero-order valence-corrected chi connectivity index (χ0v) is 19.8. The van der Waals surface area contributed by atoms with Crippen LogP contribution in [0.2, 0.25) is 0 Å². The van der Waals surface area contributed by atoms with Crippen molar-refractivity contribution in [1.29, 1.82) is 0 Å². The highest BCUT2D eigenvalue weighted by molar-refractivity contribution is 5.92. The molecule has 0 atom stereocenters. The predicted molar refractivity (Wildman–Crippen MR) is 127 cm³/mol. The van der Waals surface area contributed by atoms with Crippen molar-refractivity contribution in [3.63, 3.8) is 0 Å². The summed E-state index contributed by atoms with van der Waals surface area (Å²) in [6.07, 6.45) is 0.222. The Balaban J connectivity index is 1.37. The lowest BCUT2D eigenvalue weighted by Gasteiger charge is -2.36. The standard InChI is InChI=1S/C24H23F2N7O4/c1-36-24(35)31-11-9-30(10-12-31)23(34)33(18-5-3-2-4-6-18)15-17-14-32-8-7-16(13-19(32)27-17)21-28-29-22(37-21)20(25)26/h2-8,13-14,20H,9-12,15H2,1H3. The van der Waals surface area contributed by atoms with Crippen molar-refractivity contribution in [1.82, 2.24) is 29.4 Å². The summed E-state index contributed by atoms with van der Waals surface area (Å²) >= 11 is 0. The molecule has 0 N–H and O–H groups in total. The number of urea groups is 1. The highest BCUT2D eigenvalue weighted by atomic mass is 19.3. The van der Waals surface area contributed by atoms with Gasteiger partial charge in [-0.1, -0.05) is 18.2 Å². The van der Waals surface area contributed by atoms with Crippen molar-refractivity contribution in [2.75, 3.05) is 38.2 Å². The van der Waals surface area contributed by atoms with Gasteiger partial charge in [-0.25, -0.2) is 14.6 Å². The van der Waals surface area contributed by atoms with Crippen LogP contribution in [-0.2, 0) is 11.3 Å². The highest BCUT2D eigenvalue weighted by Crippen LogP contribution is 2.25. The molecule has 4 aromatic rings. The summed E-state index contributed by atoms with van der Waals surface area (Å²) in [6.45, 7) is 1.68. The number of carbonyl (C=O) groups is 2. The van der Waals surface area contributed by atoms with Gasteiger partial charge in [0.05, 0.1) is 19.3 Å². The normalized spacial score (nSPS) is 13.8. The van der Waals surface area contributed by atoms with Crippen LogP contribution in [0.5, 0.6) is 0 Å². The number of imidazole rings is 1. The van der Waals surface area contributed by atoms with E-state index in [1.54, 1.807) is 43.6 Å². The highest BCUT2D eigenvalue weighted by Gasteiger charge is 2.29. The lowest BCUT2D eigenvalue weighted by atomic mass is 10.2. The first-order valence-corrected chi connectivity index (χ1v) is 11.5. The number of alkyl halides is 2. The van der Waals surface area contributed by atoms with E-state index in [0.29, 0.717) is 48.8 Å². The maximum atomic E-state index is 13.6. The second kappa shape index (κ2) is 10.2. The van der Waals surface area contributed by atoms with Crippen LogP contribution in [0, 0.1) is 0 Å². The van der Waals surface area contributed by atoms with E-state index in [4.69, 9.17) is 9.15 Å². The maximum Gasteiger partial charge on any atom is 0.409 e. The van der Waals surface area contributed by atoms with Crippen molar-refractivity contribution in [2.45, 2.75) is 13.0 Å². The summed E-state index contributed by atoms with van der Waals surface area (Å²) in [5.74, 6) is -0.780. The Hall–Kier alpha value is -4.55. The van der Waals surface area contributed by atoms with Gasteiger partial charge in [0.1, 0.15) is 5.65 Å². The molecule has 192 valence electrons. The minimum absolute atomic E-state index is 0.0328. The number of methoxy groups -OCH3 is 1. The van der Waals surface area contributed by atoms with Gasteiger partial charge in [0.25, 0.3) is 5.89 Å². The summed E-state index contributed by atoms with van der Waals surface area (Å²) < 4.78 is 37.2. The molecule has 0 aliphatic carbocycles. The fourth-order valence-electron chi connectivity index (χ4n) is 4.10. The molecule has 0 unspecified atom stereocenters. The number of hydrogen-bond acceptors (Lipinski definition) is 7. The Kier molecular flexibility index (Phi) is 6.66. The van der Waals surface area contributed by atoms with E-state index in [2.05, 4.69) is 15.2 Å². The molecule has 1 saturated heterocycles. The van der Waals surface area contributed by atoms with Crippen LogP contribution >= 0.6 is 0 Å². The smallest absolute Gasteiger partial charge is 0.409 e. The van der Waals surface area contributed by atoms with Crippen molar-refractivity contribution in [3.05, 3.63) is 66.4 Å². The Morgan fingerprint density at radius 1 is 1.08 bits per heavy atom. The van der Waals surface area contributed by atoms with E-state index in [1.807, 2.05) is 30.3 Å². The van der Waals surface area contributed by atoms with Crippen molar-refractivity contribution in [2.24, 2.45) is 0 Å². The van der Waals surface area contributed by atoms with Crippen molar-refractivity contribution < 1.29 is 27.5 Å². The second-order valence-corrected chi connectivity index (χ2v) is 8.31. The van der Waals surface area contributed by atoms with Crippen LogP contribution in [0.15, 0.2) is 59.3 Å². The van der Waals surface area contributed by atoms with Gasteiger partial charge in [-0.15, -0.1) is 10.2 Å². The molecular formula is C24H23F2N7O4. The quantitative estimate of drug-likeness (QED) is 0.401. The Morgan fingerprint density at radius 2 is 1.81 bits per heavy atom. The van der Waals surface area contributed by atoms with E-state index in [9.17, 15) is 18.4 Å². The van der Waals surface area contributed by atoms with Crippen LogP contribution in [-0.4, -0.2) is 74.8 Å². The zero-order valence-electron chi connectivity index (χ0n) is 19.8. The predicted octanol–water partition coefficient (Wildman–Crippen LogP) is 3.83. The number of para-hydroxylation sites is 1. The number of rotatable bonds is 5. The molecule has 1 fully saturated rings. The first-order chi connectivity index (χ1) is 17.9. The molecular weight excluding hydrogens is 488 g/mol. The Labute approximate surface area is 209 Å². The number of carbonyl (C=O) groups excluding carboxylic acids is 2. The summed E-state index contributed by atoms with van der Waals surface area (Å²) in [5.41, 5.74) is 2.28. The number of hydrogen-bond donors (Lipinski definition) is 0. The summed E-state index contributed by atoms with van der Waals surface area (Å²) in [5, 5.41) is 7.04. The number of nitrogens with zero attached hydrogens (tertiary/aromatic N) is 7. The third kappa shape index (κ3) is 5.06. The van der Waals surface area contributed by atoms with E-state index < -0.39 is 18.4 Å². The van der Waals surface area contributed by atoms with Gasteiger partial charge in [0.15, 0.2) is 0 Å². The average molecular weight is 511 g/mol. The number of ether oxygens (including phenoxy) is 1. The van der Waals surface area contributed by atoms with Crippen LogP contribution < -0.4 is 4.90 Å². The number of amides is 3. The average Bonchev–Trinajstić information content (AvgIpc) is 3.58. The number of benzene rings is 1. The topological polar surface area (TPSA) is 109 Å². The van der Waals surface area contributed by atoms with Crippen LogP contribution in [0.25, 0.3) is 17.1 Å². The molecule has 1 aliphatic rings. The molecule has 37 heavy (non-hydrogen) atoms. The van der Waals surface area contributed by atoms with Gasteiger partial charge < -0.3 is 23.4 Å². The number of pyridine rings is 1. The molecule has 0 radical (unpaired) electrons. The molecule has 5 rings (SSSR count). The van der Waals surface area contributed by atoms with Gasteiger partial charge >= 0.3 is 18.5 Å². The minimum Gasteiger partial charge on any atom is -0.453 e. The molecule has 11 nitrogen and oxygen atoms in total. The SMILES string of the molecule is COC(=O)N1CCN(C(=O)N(Cc2cn3ccc(-c4nnc(C(F)F)o4)cc3n2)c2ccccc2)CC1.